The Labute approximate surface area is 127 Å². The maximum absolute atomic E-state index is 13.9. The number of phenols is 1. The van der Waals surface area contributed by atoms with Crippen molar-refractivity contribution in [2.45, 2.75) is 4.90 Å². The first-order valence-electron chi connectivity index (χ1n) is 6.47. The third-order valence-corrected chi connectivity index (χ3v) is 4.96. The van der Waals surface area contributed by atoms with Crippen LogP contribution in [0.2, 0.25) is 0 Å². The molecule has 0 unspecified atom stereocenters. The fourth-order valence-electron chi connectivity index (χ4n) is 2.18. The van der Waals surface area contributed by atoms with E-state index in [9.17, 15) is 17.9 Å². The lowest BCUT2D eigenvalue weighted by atomic mass is 10.1. The summed E-state index contributed by atoms with van der Waals surface area (Å²) in [5, 5.41) is 9.27. The van der Waals surface area contributed by atoms with Crippen molar-refractivity contribution in [3.63, 3.8) is 0 Å². The molecule has 6 heteroatoms. The van der Waals surface area contributed by atoms with Gasteiger partial charge in [-0.15, -0.1) is 0 Å². The number of rotatable bonds is 3. The van der Waals surface area contributed by atoms with Gasteiger partial charge in [-0.3, -0.25) is 0 Å². The first-order chi connectivity index (χ1) is 10.5. The second-order valence-corrected chi connectivity index (χ2v) is 6.48. The van der Waals surface area contributed by atoms with Crippen LogP contribution in [0.15, 0.2) is 71.8 Å². The highest BCUT2D eigenvalue weighted by molar-refractivity contribution is 7.90. The molecule has 0 amide bonds. The number of phenolic OH excluding ortho intramolecular Hbond substituents is 1. The zero-order valence-electron chi connectivity index (χ0n) is 11.3. The summed E-state index contributed by atoms with van der Waals surface area (Å²) < 4.78 is 40.3. The number of benzene rings is 2. The molecule has 0 bridgehead atoms. The van der Waals surface area contributed by atoms with E-state index in [0.717, 1.165) is 3.97 Å². The van der Waals surface area contributed by atoms with E-state index in [-0.39, 0.29) is 21.9 Å². The van der Waals surface area contributed by atoms with Gasteiger partial charge in [0.2, 0.25) is 0 Å². The summed E-state index contributed by atoms with van der Waals surface area (Å²) in [7, 11) is -3.87. The molecule has 1 aromatic heterocycles. The van der Waals surface area contributed by atoms with Gasteiger partial charge < -0.3 is 5.11 Å². The Morgan fingerprint density at radius 3 is 2.27 bits per heavy atom. The van der Waals surface area contributed by atoms with E-state index < -0.39 is 15.8 Å². The lowest BCUT2D eigenvalue weighted by Gasteiger charge is -2.11. The molecule has 0 fully saturated rings. The number of aromatic hydroxyl groups is 1. The average Bonchev–Trinajstić information content (AvgIpc) is 2.98. The summed E-state index contributed by atoms with van der Waals surface area (Å²) >= 11 is 0. The SMILES string of the molecule is O=S(=O)(c1ccc(O)cc1)n1cccc1-c1ccccc1F. The summed E-state index contributed by atoms with van der Waals surface area (Å²) in [6.45, 7) is 0. The van der Waals surface area contributed by atoms with Crippen LogP contribution in [0.25, 0.3) is 11.3 Å². The topological polar surface area (TPSA) is 59.3 Å². The second kappa shape index (κ2) is 5.31. The summed E-state index contributed by atoms with van der Waals surface area (Å²) in [5.41, 5.74) is 0.445. The molecule has 1 heterocycles. The summed E-state index contributed by atoms with van der Waals surface area (Å²) in [4.78, 5) is 0.0130. The van der Waals surface area contributed by atoms with Crippen LogP contribution < -0.4 is 0 Å². The second-order valence-electron chi connectivity index (χ2n) is 4.67. The smallest absolute Gasteiger partial charge is 0.268 e. The Bertz CT molecular complexity index is 915. The predicted molar refractivity (Wildman–Crippen MR) is 80.5 cm³/mol. The largest absolute Gasteiger partial charge is 0.508 e. The van der Waals surface area contributed by atoms with E-state index in [1.807, 2.05) is 0 Å². The van der Waals surface area contributed by atoms with Gasteiger partial charge in [0.1, 0.15) is 11.6 Å². The van der Waals surface area contributed by atoms with E-state index in [4.69, 9.17) is 0 Å². The zero-order valence-corrected chi connectivity index (χ0v) is 12.2. The summed E-state index contributed by atoms with van der Waals surface area (Å²) in [5.74, 6) is -0.524. The van der Waals surface area contributed by atoms with Crippen LogP contribution in [-0.4, -0.2) is 17.5 Å². The predicted octanol–water partition coefficient (Wildman–Crippen LogP) is 3.24. The van der Waals surface area contributed by atoms with Gasteiger partial charge in [0.15, 0.2) is 0 Å². The molecule has 0 saturated carbocycles. The zero-order chi connectivity index (χ0) is 15.7. The molecule has 3 aromatic rings. The standard InChI is InChI=1S/C16H12FNO3S/c17-15-5-2-1-4-14(15)16-6-3-11-18(16)22(20,21)13-9-7-12(19)8-10-13/h1-11,19H. The molecule has 3 rings (SSSR count). The van der Waals surface area contributed by atoms with Gasteiger partial charge >= 0.3 is 0 Å². The van der Waals surface area contributed by atoms with Crippen LogP contribution in [0.4, 0.5) is 4.39 Å². The molecule has 0 aliphatic rings. The molecular formula is C16H12FNO3S. The highest BCUT2D eigenvalue weighted by Crippen LogP contribution is 2.27. The van der Waals surface area contributed by atoms with Gasteiger partial charge in [-0.05, 0) is 48.5 Å². The molecule has 2 aromatic carbocycles. The third kappa shape index (κ3) is 2.37. The molecule has 112 valence electrons. The fraction of sp³-hybridized carbons (Fsp3) is 0. The van der Waals surface area contributed by atoms with Crippen LogP contribution in [-0.2, 0) is 10.0 Å². The molecule has 0 radical (unpaired) electrons. The van der Waals surface area contributed by atoms with Gasteiger partial charge in [-0.1, -0.05) is 12.1 Å². The minimum absolute atomic E-state index is 0.0130. The van der Waals surface area contributed by atoms with Crippen molar-refractivity contribution in [3.05, 3.63) is 72.7 Å². The molecule has 4 nitrogen and oxygen atoms in total. The minimum Gasteiger partial charge on any atom is -0.508 e. The number of hydrogen-bond donors (Lipinski definition) is 1. The van der Waals surface area contributed by atoms with Crippen LogP contribution >= 0.6 is 0 Å². The van der Waals surface area contributed by atoms with Crippen LogP contribution in [0.3, 0.4) is 0 Å². The Kier molecular flexibility index (Phi) is 3.46. The Morgan fingerprint density at radius 1 is 0.909 bits per heavy atom. The molecule has 0 saturated heterocycles. The van der Waals surface area contributed by atoms with E-state index in [0.29, 0.717) is 0 Å². The van der Waals surface area contributed by atoms with Gasteiger partial charge in [0.25, 0.3) is 10.0 Å². The van der Waals surface area contributed by atoms with E-state index >= 15 is 0 Å². The first kappa shape index (κ1) is 14.3. The third-order valence-electron chi connectivity index (χ3n) is 3.26. The lowest BCUT2D eigenvalue weighted by Crippen LogP contribution is -2.13. The Balaban J connectivity index is 2.16. The van der Waals surface area contributed by atoms with Crippen LogP contribution in [0.1, 0.15) is 0 Å². The van der Waals surface area contributed by atoms with Crippen LogP contribution in [0.5, 0.6) is 5.75 Å². The normalized spacial score (nSPS) is 11.5. The van der Waals surface area contributed by atoms with Crippen molar-refractivity contribution < 1.29 is 17.9 Å². The summed E-state index contributed by atoms with van der Waals surface area (Å²) in [6, 6.07) is 14.2. The molecule has 1 N–H and O–H groups in total. The molecule has 0 aliphatic heterocycles. The van der Waals surface area contributed by atoms with E-state index in [1.165, 1.54) is 48.7 Å². The van der Waals surface area contributed by atoms with Gasteiger partial charge in [0.05, 0.1) is 10.6 Å². The molecule has 22 heavy (non-hydrogen) atoms. The number of nitrogens with zero attached hydrogens (tertiary/aromatic N) is 1. The number of aromatic nitrogens is 1. The average molecular weight is 317 g/mol. The summed E-state index contributed by atoms with van der Waals surface area (Å²) in [6.07, 6.45) is 1.37. The monoisotopic (exact) mass is 317 g/mol. The highest BCUT2D eigenvalue weighted by Gasteiger charge is 2.21. The number of hydrogen-bond acceptors (Lipinski definition) is 3. The van der Waals surface area contributed by atoms with Crippen molar-refractivity contribution in [1.29, 1.82) is 0 Å². The first-order valence-corrected chi connectivity index (χ1v) is 7.91. The molecular weight excluding hydrogens is 305 g/mol. The van der Waals surface area contributed by atoms with Crippen molar-refractivity contribution in [2.75, 3.05) is 0 Å². The van der Waals surface area contributed by atoms with Crippen molar-refractivity contribution in [3.8, 4) is 17.0 Å². The molecule has 0 atom stereocenters. The Morgan fingerprint density at radius 2 is 1.59 bits per heavy atom. The van der Waals surface area contributed by atoms with Gasteiger partial charge in [-0.2, -0.15) is 0 Å². The molecule has 0 aliphatic carbocycles. The minimum atomic E-state index is -3.87. The fourth-order valence-corrected chi connectivity index (χ4v) is 3.54. The van der Waals surface area contributed by atoms with Gasteiger partial charge in [-0.25, -0.2) is 16.8 Å². The van der Waals surface area contributed by atoms with E-state index in [2.05, 4.69) is 0 Å². The van der Waals surface area contributed by atoms with E-state index in [1.54, 1.807) is 18.2 Å². The molecule has 0 spiro atoms. The van der Waals surface area contributed by atoms with Crippen molar-refractivity contribution in [1.82, 2.24) is 3.97 Å². The number of halogens is 1. The maximum Gasteiger partial charge on any atom is 0.268 e. The quantitative estimate of drug-likeness (QED) is 0.807. The Hall–Kier alpha value is -2.60. The van der Waals surface area contributed by atoms with Crippen molar-refractivity contribution in [2.24, 2.45) is 0 Å². The lowest BCUT2D eigenvalue weighted by molar-refractivity contribution is 0.474. The van der Waals surface area contributed by atoms with Crippen molar-refractivity contribution >= 4 is 10.0 Å². The highest BCUT2D eigenvalue weighted by atomic mass is 32.2. The van der Waals surface area contributed by atoms with Crippen LogP contribution in [0, 0.1) is 5.82 Å². The maximum atomic E-state index is 13.9. The van der Waals surface area contributed by atoms with Gasteiger partial charge in [0, 0.05) is 11.8 Å².